The molecule has 0 saturated carbocycles. The predicted molar refractivity (Wildman–Crippen MR) is 71.4 cm³/mol. The Labute approximate surface area is 101 Å². The van der Waals surface area contributed by atoms with Gasteiger partial charge in [0, 0.05) is 31.2 Å². The highest BCUT2D eigenvalue weighted by Crippen LogP contribution is 2.26. The number of fused-ring (bicyclic) bond motifs is 1. The lowest BCUT2D eigenvalue weighted by atomic mass is 10.1. The molecule has 2 aromatic rings. The summed E-state index contributed by atoms with van der Waals surface area (Å²) in [5.41, 5.74) is 2.33. The van der Waals surface area contributed by atoms with Crippen molar-refractivity contribution >= 4 is 16.6 Å². The number of hydrogen-bond acceptors (Lipinski definition) is 3. The van der Waals surface area contributed by atoms with E-state index in [4.69, 9.17) is 0 Å². The van der Waals surface area contributed by atoms with Crippen LogP contribution in [0.15, 0.2) is 36.5 Å². The van der Waals surface area contributed by atoms with E-state index in [0.717, 1.165) is 18.6 Å². The van der Waals surface area contributed by atoms with Crippen LogP contribution in [-0.2, 0) is 0 Å². The first-order chi connectivity index (χ1) is 8.36. The molecule has 0 unspecified atom stereocenters. The number of anilines is 1. The standard InChI is InChI=1S/C14H17N3/c1-17(12-7-9-15-10-12)13-6-2-4-11-5-3-8-16-14(11)13/h2-6,8,12,15H,7,9-10H2,1H3/t12-/m1/s1. The van der Waals surface area contributed by atoms with E-state index in [9.17, 15) is 0 Å². The summed E-state index contributed by atoms with van der Waals surface area (Å²) in [5, 5.41) is 4.62. The average molecular weight is 227 g/mol. The van der Waals surface area contributed by atoms with Gasteiger partial charge in [-0.2, -0.15) is 0 Å². The van der Waals surface area contributed by atoms with Gasteiger partial charge in [0.25, 0.3) is 0 Å². The molecule has 3 heteroatoms. The summed E-state index contributed by atoms with van der Waals surface area (Å²) in [6.45, 7) is 2.19. The maximum absolute atomic E-state index is 4.51. The van der Waals surface area contributed by atoms with E-state index in [-0.39, 0.29) is 0 Å². The maximum atomic E-state index is 4.51. The Morgan fingerprint density at radius 2 is 2.18 bits per heavy atom. The summed E-state index contributed by atoms with van der Waals surface area (Å²) in [5.74, 6) is 0. The van der Waals surface area contributed by atoms with Crippen LogP contribution in [0.2, 0.25) is 0 Å². The quantitative estimate of drug-likeness (QED) is 0.851. The molecule has 1 N–H and O–H groups in total. The highest BCUT2D eigenvalue weighted by molar-refractivity contribution is 5.90. The molecule has 17 heavy (non-hydrogen) atoms. The minimum absolute atomic E-state index is 0.586. The monoisotopic (exact) mass is 227 g/mol. The molecule has 3 rings (SSSR count). The zero-order valence-corrected chi connectivity index (χ0v) is 10.1. The molecule has 1 saturated heterocycles. The van der Waals surface area contributed by atoms with E-state index in [1.54, 1.807) is 0 Å². The van der Waals surface area contributed by atoms with E-state index in [1.807, 2.05) is 12.3 Å². The van der Waals surface area contributed by atoms with E-state index < -0.39 is 0 Å². The van der Waals surface area contributed by atoms with E-state index >= 15 is 0 Å². The normalized spacial score (nSPS) is 19.7. The summed E-state index contributed by atoms with van der Waals surface area (Å²) in [7, 11) is 2.17. The predicted octanol–water partition coefficient (Wildman–Crippen LogP) is 2.03. The van der Waals surface area contributed by atoms with E-state index in [2.05, 4.69) is 46.5 Å². The van der Waals surface area contributed by atoms with Gasteiger partial charge in [-0.3, -0.25) is 4.98 Å². The SMILES string of the molecule is CN(c1cccc2cccnc12)[C@@H]1CCNC1. The van der Waals surface area contributed by atoms with Crippen LogP contribution in [0.3, 0.4) is 0 Å². The van der Waals surface area contributed by atoms with Crippen molar-refractivity contribution in [3.05, 3.63) is 36.5 Å². The largest absolute Gasteiger partial charge is 0.369 e. The number of pyridine rings is 1. The molecule has 3 nitrogen and oxygen atoms in total. The van der Waals surface area contributed by atoms with Gasteiger partial charge in [-0.05, 0) is 25.1 Å². The number of nitrogens with one attached hydrogen (secondary N) is 1. The van der Waals surface area contributed by atoms with Crippen LogP contribution >= 0.6 is 0 Å². The third-order valence-corrected chi connectivity index (χ3v) is 3.57. The Morgan fingerprint density at radius 3 is 3.00 bits per heavy atom. The lowest BCUT2D eigenvalue weighted by Gasteiger charge is -2.26. The molecular weight excluding hydrogens is 210 g/mol. The minimum Gasteiger partial charge on any atom is -0.369 e. The lowest BCUT2D eigenvalue weighted by molar-refractivity contribution is 0.687. The molecule has 88 valence electrons. The van der Waals surface area contributed by atoms with Gasteiger partial charge in [0.2, 0.25) is 0 Å². The Bertz CT molecular complexity index is 512. The van der Waals surface area contributed by atoms with Gasteiger partial charge in [-0.1, -0.05) is 18.2 Å². The van der Waals surface area contributed by atoms with Crippen LogP contribution in [-0.4, -0.2) is 31.2 Å². The number of hydrogen-bond donors (Lipinski definition) is 1. The first-order valence-electron chi connectivity index (χ1n) is 6.13. The smallest absolute Gasteiger partial charge is 0.0935 e. The number of benzene rings is 1. The summed E-state index contributed by atoms with van der Waals surface area (Å²) in [4.78, 5) is 6.87. The van der Waals surface area contributed by atoms with Crippen molar-refractivity contribution in [3.8, 4) is 0 Å². The summed E-state index contributed by atoms with van der Waals surface area (Å²) < 4.78 is 0. The zero-order valence-electron chi connectivity index (χ0n) is 10.1. The Kier molecular flexibility index (Phi) is 2.69. The Balaban J connectivity index is 2.04. The minimum atomic E-state index is 0.586. The second-order valence-corrected chi connectivity index (χ2v) is 4.61. The Hall–Kier alpha value is -1.61. The van der Waals surface area contributed by atoms with Crippen molar-refractivity contribution in [1.82, 2.24) is 10.3 Å². The third kappa shape index (κ3) is 1.87. The van der Waals surface area contributed by atoms with Gasteiger partial charge in [-0.25, -0.2) is 0 Å². The van der Waals surface area contributed by atoms with Gasteiger partial charge in [0.05, 0.1) is 11.2 Å². The van der Waals surface area contributed by atoms with Gasteiger partial charge in [0.15, 0.2) is 0 Å². The molecule has 0 amide bonds. The van der Waals surface area contributed by atoms with Gasteiger partial charge < -0.3 is 10.2 Å². The maximum Gasteiger partial charge on any atom is 0.0935 e. The van der Waals surface area contributed by atoms with Crippen molar-refractivity contribution in [2.45, 2.75) is 12.5 Å². The fraction of sp³-hybridized carbons (Fsp3) is 0.357. The molecular formula is C14H17N3. The van der Waals surface area contributed by atoms with Crippen molar-refractivity contribution in [3.63, 3.8) is 0 Å². The molecule has 0 aliphatic carbocycles. The highest BCUT2D eigenvalue weighted by atomic mass is 15.2. The summed E-state index contributed by atoms with van der Waals surface area (Å²) in [6, 6.07) is 11.1. The van der Waals surface area contributed by atoms with Crippen LogP contribution in [0.5, 0.6) is 0 Å². The fourth-order valence-corrected chi connectivity index (χ4v) is 2.54. The molecule has 1 atom stereocenters. The molecule has 0 spiro atoms. The third-order valence-electron chi connectivity index (χ3n) is 3.57. The van der Waals surface area contributed by atoms with Crippen LogP contribution in [0.4, 0.5) is 5.69 Å². The topological polar surface area (TPSA) is 28.2 Å². The van der Waals surface area contributed by atoms with Crippen molar-refractivity contribution < 1.29 is 0 Å². The molecule has 1 aliphatic rings. The average Bonchev–Trinajstić information content (AvgIpc) is 2.91. The van der Waals surface area contributed by atoms with Gasteiger partial charge >= 0.3 is 0 Å². The molecule has 1 aromatic heterocycles. The van der Waals surface area contributed by atoms with Crippen LogP contribution in [0.25, 0.3) is 10.9 Å². The molecule has 1 fully saturated rings. The van der Waals surface area contributed by atoms with Crippen LogP contribution < -0.4 is 10.2 Å². The number of para-hydroxylation sites is 1. The zero-order chi connectivity index (χ0) is 11.7. The first-order valence-corrected chi connectivity index (χ1v) is 6.13. The number of rotatable bonds is 2. The van der Waals surface area contributed by atoms with E-state index in [0.29, 0.717) is 6.04 Å². The number of likely N-dealkylation sites (N-methyl/N-ethyl adjacent to an activating group) is 1. The van der Waals surface area contributed by atoms with Crippen LogP contribution in [0.1, 0.15) is 6.42 Å². The van der Waals surface area contributed by atoms with Gasteiger partial charge in [0.1, 0.15) is 0 Å². The van der Waals surface area contributed by atoms with Crippen molar-refractivity contribution in [2.24, 2.45) is 0 Å². The second kappa shape index (κ2) is 4.34. The molecule has 0 radical (unpaired) electrons. The van der Waals surface area contributed by atoms with Crippen molar-refractivity contribution in [2.75, 3.05) is 25.0 Å². The van der Waals surface area contributed by atoms with Crippen LogP contribution in [0, 0.1) is 0 Å². The van der Waals surface area contributed by atoms with Crippen molar-refractivity contribution in [1.29, 1.82) is 0 Å². The molecule has 2 heterocycles. The second-order valence-electron chi connectivity index (χ2n) is 4.61. The van der Waals surface area contributed by atoms with E-state index in [1.165, 1.54) is 17.5 Å². The fourth-order valence-electron chi connectivity index (χ4n) is 2.54. The molecule has 0 bridgehead atoms. The molecule has 1 aliphatic heterocycles. The van der Waals surface area contributed by atoms with Gasteiger partial charge in [-0.15, -0.1) is 0 Å². The first kappa shape index (κ1) is 10.5. The lowest BCUT2D eigenvalue weighted by Crippen LogP contribution is -2.33. The Morgan fingerprint density at radius 1 is 1.29 bits per heavy atom. The summed E-state index contributed by atoms with van der Waals surface area (Å²) >= 11 is 0. The highest BCUT2D eigenvalue weighted by Gasteiger charge is 2.20. The summed E-state index contributed by atoms with van der Waals surface area (Å²) in [6.07, 6.45) is 3.08. The number of aromatic nitrogens is 1. The number of nitrogens with zero attached hydrogens (tertiary/aromatic N) is 2. The molecule has 1 aromatic carbocycles.